The third kappa shape index (κ3) is 5.21. The monoisotopic (exact) mass is 340 g/mol. The van der Waals surface area contributed by atoms with Gasteiger partial charge >= 0.3 is 0 Å². The number of nitrogens with zero attached hydrogens (tertiary/aromatic N) is 1. The highest BCUT2D eigenvalue weighted by atomic mass is 32.2. The van der Waals surface area contributed by atoms with Crippen LogP contribution in [-0.4, -0.2) is 50.6 Å². The van der Waals surface area contributed by atoms with Crippen LogP contribution in [0.25, 0.3) is 0 Å². The van der Waals surface area contributed by atoms with Crippen molar-refractivity contribution in [3.05, 3.63) is 29.8 Å². The maximum atomic E-state index is 12.2. The van der Waals surface area contributed by atoms with Gasteiger partial charge in [-0.1, -0.05) is 24.1 Å². The molecule has 0 aromatic heterocycles. The van der Waals surface area contributed by atoms with Crippen molar-refractivity contribution in [2.75, 3.05) is 26.0 Å². The molecule has 1 amide bonds. The van der Waals surface area contributed by atoms with Gasteiger partial charge in [-0.2, -0.15) is 4.31 Å². The van der Waals surface area contributed by atoms with Gasteiger partial charge < -0.3 is 10.1 Å². The van der Waals surface area contributed by atoms with Gasteiger partial charge in [-0.15, -0.1) is 0 Å². The number of rotatable bonds is 6. The molecular formula is C16H24N2O4S. The minimum Gasteiger partial charge on any atom is -0.492 e. The Kier molecular flexibility index (Phi) is 6.01. The SMILES string of the molecule is Cc1ccc(OCCNC(=O)[C@@H]2CCCCN2S(C)(=O)=O)cc1. The van der Waals surface area contributed by atoms with E-state index >= 15 is 0 Å². The first-order valence-electron chi connectivity index (χ1n) is 7.82. The Morgan fingerprint density at radius 1 is 1.30 bits per heavy atom. The molecule has 6 nitrogen and oxygen atoms in total. The second kappa shape index (κ2) is 7.79. The quantitative estimate of drug-likeness (QED) is 0.792. The van der Waals surface area contributed by atoms with Gasteiger partial charge in [0.2, 0.25) is 15.9 Å². The van der Waals surface area contributed by atoms with E-state index in [4.69, 9.17) is 4.74 Å². The minimum absolute atomic E-state index is 0.248. The molecule has 128 valence electrons. The molecule has 1 aliphatic heterocycles. The fraction of sp³-hybridized carbons (Fsp3) is 0.562. The van der Waals surface area contributed by atoms with Crippen LogP contribution in [-0.2, 0) is 14.8 Å². The maximum Gasteiger partial charge on any atom is 0.238 e. The van der Waals surface area contributed by atoms with Gasteiger partial charge in [-0.25, -0.2) is 8.42 Å². The Bertz CT molecular complexity index is 628. The molecule has 1 aromatic carbocycles. The zero-order valence-electron chi connectivity index (χ0n) is 13.6. The van der Waals surface area contributed by atoms with E-state index in [0.717, 1.165) is 30.4 Å². The standard InChI is InChI=1S/C16H24N2O4S/c1-13-6-8-14(9-7-13)22-12-10-17-16(19)15-5-3-4-11-18(15)23(2,20)21/h6-9,15H,3-5,10-12H2,1-2H3,(H,17,19)/t15-/m0/s1. The predicted molar refractivity (Wildman–Crippen MR) is 88.9 cm³/mol. The van der Waals surface area contributed by atoms with Crippen molar-refractivity contribution in [1.29, 1.82) is 0 Å². The third-order valence-corrected chi connectivity index (χ3v) is 5.16. The minimum atomic E-state index is -3.36. The molecule has 1 N–H and O–H groups in total. The lowest BCUT2D eigenvalue weighted by Crippen LogP contribution is -2.52. The summed E-state index contributed by atoms with van der Waals surface area (Å²) in [5, 5.41) is 2.77. The van der Waals surface area contributed by atoms with Crippen LogP contribution in [0.15, 0.2) is 24.3 Å². The lowest BCUT2D eigenvalue weighted by atomic mass is 10.0. The van der Waals surface area contributed by atoms with Crippen molar-refractivity contribution < 1.29 is 17.9 Å². The first-order chi connectivity index (χ1) is 10.9. The van der Waals surface area contributed by atoms with Gasteiger partial charge in [-0.3, -0.25) is 4.79 Å². The Labute approximate surface area is 137 Å². The fourth-order valence-corrected chi connectivity index (χ4v) is 3.78. The Hall–Kier alpha value is -1.60. The van der Waals surface area contributed by atoms with E-state index in [9.17, 15) is 13.2 Å². The molecule has 0 saturated carbocycles. The molecule has 1 heterocycles. The molecular weight excluding hydrogens is 316 g/mol. The highest BCUT2D eigenvalue weighted by molar-refractivity contribution is 7.88. The largest absolute Gasteiger partial charge is 0.492 e. The van der Waals surface area contributed by atoms with E-state index in [-0.39, 0.29) is 5.91 Å². The number of hydrogen-bond donors (Lipinski definition) is 1. The molecule has 7 heteroatoms. The van der Waals surface area contributed by atoms with Crippen LogP contribution in [0.4, 0.5) is 0 Å². The van der Waals surface area contributed by atoms with Crippen LogP contribution in [0.2, 0.25) is 0 Å². The van der Waals surface area contributed by atoms with Gasteiger partial charge in [-0.05, 0) is 31.9 Å². The van der Waals surface area contributed by atoms with Crippen molar-refractivity contribution in [2.45, 2.75) is 32.2 Å². The molecule has 1 aromatic rings. The van der Waals surface area contributed by atoms with Gasteiger partial charge in [0.15, 0.2) is 0 Å². The number of carbonyl (C=O) groups excluding carboxylic acids is 1. The number of sulfonamides is 1. The first kappa shape index (κ1) is 17.7. The fourth-order valence-electron chi connectivity index (χ4n) is 2.66. The van der Waals surface area contributed by atoms with Crippen molar-refractivity contribution >= 4 is 15.9 Å². The Balaban J connectivity index is 1.80. The predicted octanol–water partition coefficient (Wildman–Crippen LogP) is 1.30. The number of hydrogen-bond acceptors (Lipinski definition) is 4. The molecule has 2 rings (SSSR count). The van der Waals surface area contributed by atoms with Crippen molar-refractivity contribution in [2.24, 2.45) is 0 Å². The van der Waals surface area contributed by atoms with Gasteiger partial charge in [0.25, 0.3) is 0 Å². The summed E-state index contributed by atoms with van der Waals surface area (Å²) >= 11 is 0. The summed E-state index contributed by atoms with van der Waals surface area (Å²) in [5.41, 5.74) is 1.16. The van der Waals surface area contributed by atoms with Crippen LogP contribution >= 0.6 is 0 Å². The van der Waals surface area contributed by atoms with Gasteiger partial charge in [0.05, 0.1) is 12.8 Å². The summed E-state index contributed by atoms with van der Waals surface area (Å²) in [6.45, 7) is 3.11. The van der Waals surface area contributed by atoms with E-state index < -0.39 is 16.1 Å². The average molecular weight is 340 g/mol. The molecule has 1 aliphatic rings. The smallest absolute Gasteiger partial charge is 0.238 e. The second-order valence-electron chi connectivity index (χ2n) is 5.84. The van der Waals surface area contributed by atoms with Crippen molar-refractivity contribution in [1.82, 2.24) is 9.62 Å². The number of nitrogens with one attached hydrogen (secondary N) is 1. The molecule has 1 saturated heterocycles. The normalized spacial score (nSPS) is 19.3. The Morgan fingerprint density at radius 3 is 2.65 bits per heavy atom. The topological polar surface area (TPSA) is 75.7 Å². The molecule has 0 spiro atoms. The third-order valence-electron chi connectivity index (χ3n) is 3.87. The van der Waals surface area contributed by atoms with E-state index in [1.807, 2.05) is 31.2 Å². The molecule has 0 unspecified atom stereocenters. The van der Waals surface area contributed by atoms with Crippen molar-refractivity contribution in [3.8, 4) is 5.75 Å². The Morgan fingerprint density at radius 2 is 2.00 bits per heavy atom. The summed E-state index contributed by atoms with van der Waals surface area (Å²) in [4.78, 5) is 12.2. The van der Waals surface area contributed by atoms with Crippen LogP contribution in [0.5, 0.6) is 5.75 Å². The maximum absolute atomic E-state index is 12.2. The number of aryl methyl sites for hydroxylation is 1. The van der Waals surface area contributed by atoms with Crippen LogP contribution in [0, 0.1) is 6.92 Å². The highest BCUT2D eigenvalue weighted by Crippen LogP contribution is 2.19. The van der Waals surface area contributed by atoms with Gasteiger partial charge in [0, 0.05) is 6.54 Å². The number of carbonyl (C=O) groups is 1. The lowest BCUT2D eigenvalue weighted by molar-refractivity contribution is -0.125. The van der Waals surface area contributed by atoms with Crippen LogP contribution < -0.4 is 10.1 Å². The van der Waals surface area contributed by atoms with E-state index in [1.54, 1.807) is 0 Å². The van der Waals surface area contributed by atoms with Crippen LogP contribution in [0.3, 0.4) is 0 Å². The number of benzene rings is 1. The molecule has 0 bridgehead atoms. The average Bonchev–Trinajstić information content (AvgIpc) is 2.52. The first-order valence-corrected chi connectivity index (χ1v) is 9.67. The highest BCUT2D eigenvalue weighted by Gasteiger charge is 2.34. The summed E-state index contributed by atoms with van der Waals surface area (Å²) in [6.07, 6.45) is 3.38. The summed E-state index contributed by atoms with van der Waals surface area (Å²) in [6, 6.07) is 7.07. The molecule has 1 atom stereocenters. The zero-order chi connectivity index (χ0) is 16.9. The molecule has 0 aliphatic carbocycles. The lowest BCUT2D eigenvalue weighted by Gasteiger charge is -2.32. The molecule has 0 radical (unpaired) electrons. The van der Waals surface area contributed by atoms with E-state index in [0.29, 0.717) is 26.1 Å². The van der Waals surface area contributed by atoms with Gasteiger partial charge in [0.1, 0.15) is 18.4 Å². The summed E-state index contributed by atoms with van der Waals surface area (Å²) < 4.78 is 30.4. The molecule has 1 fully saturated rings. The molecule has 23 heavy (non-hydrogen) atoms. The zero-order valence-corrected chi connectivity index (χ0v) is 14.4. The van der Waals surface area contributed by atoms with Crippen molar-refractivity contribution in [3.63, 3.8) is 0 Å². The van der Waals surface area contributed by atoms with E-state index in [2.05, 4.69) is 5.32 Å². The second-order valence-corrected chi connectivity index (χ2v) is 7.77. The number of piperidine rings is 1. The summed E-state index contributed by atoms with van der Waals surface area (Å²) in [5.74, 6) is 0.503. The summed E-state index contributed by atoms with van der Waals surface area (Å²) in [7, 11) is -3.36. The number of ether oxygens (including phenoxy) is 1. The van der Waals surface area contributed by atoms with Crippen LogP contribution in [0.1, 0.15) is 24.8 Å². The number of amides is 1. The van der Waals surface area contributed by atoms with E-state index in [1.165, 1.54) is 4.31 Å².